The van der Waals surface area contributed by atoms with Crippen LogP contribution in [-0.2, 0) is 0 Å². The van der Waals surface area contributed by atoms with Gasteiger partial charge in [-0.15, -0.1) is 0 Å². The zero-order valence-electron chi connectivity index (χ0n) is 10.4. The molecule has 0 aliphatic carbocycles. The molecule has 0 spiro atoms. The molecule has 0 heterocycles. The van der Waals surface area contributed by atoms with Crippen LogP contribution in [0.5, 0.6) is 0 Å². The highest BCUT2D eigenvalue weighted by atomic mass is 14.9. The predicted octanol–water partition coefficient (Wildman–Crippen LogP) is 4.05. The third-order valence-electron chi connectivity index (χ3n) is 2.05. The van der Waals surface area contributed by atoms with E-state index in [0.29, 0.717) is 5.92 Å². The van der Waals surface area contributed by atoms with Gasteiger partial charge in [0.15, 0.2) is 0 Å². The maximum atomic E-state index is 4.01. The highest BCUT2D eigenvalue weighted by Crippen LogP contribution is 2.03. The van der Waals surface area contributed by atoms with Gasteiger partial charge in [0.1, 0.15) is 0 Å². The molecule has 0 radical (unpaired) electrons. The molecule has 0 saturated carbocycles. The lowest BCUT2D eigenvalue weighted by Crippen LogP contribution is -2.18. The molecule has 0 aliphatic rings. The lowest BCUT2D eigenvalue weighted by Gasteiger charge is -2.10. The van der Waals surface area contributed by atoms with Gasteiger partial charge >= 0.3 is 0 Å². The number of unbranched alkanes of at least 4 members (excludes halogenated alkanes) is 1. The Hall–Kier alpha value is -0.980. The summed E-state index contributed by atoms with van der Waals surface area (Å²) in [6, 6.07) is 0. The van der Waals surface area contributed by atoms with E-state index in [1.807, 2.05) is 13.0 Å². The zero-order chi connectivity index (χ0) is 11.5. The first-order valence-corrected chi connectivity index (χ1v) is 5.86. The Morgan fingerprint density at radius 1 is 1.33 bits per heavy atom. The molecular weight excluding hydrogens is 182 g/mol. The van der Waals surface area contributed by atoms with Crippen molar-refractivity contribution in [3.8, 4) is 0 Å². The fourth-order valence-electron chi connectivity index (χ4n) is 1.16. The van der Waals surface area contributed by atoms with Gasteiger partial charge in [0.25, 0.3) is 0 Å². The molecule has 0 aromatic carbocycles. The number of allylic oxidation sites excluding steroid dienone is 5. The minimum atomic E-state index is 0.691. The van der Waals surface area contributed by atoms with Crippen molar-refractivity contribution in [2.75, 3.05) is 6.54 Å². The normalized spacial score (nSPS) is 11.7. The van der Waals surface area contributed by atoms with Crippen LogP contribution in [0.1, 0.15) is 40.0 Å². The van der Waals surface area contributed by atoms with E-state index in [-0.39, 0.29) is 0 Å². The topological polar surface area (TPSA) is 12.0 Å². The molecule has 0 aliphatic heterocycles. The van der Waals surface area contributed by atoms with Crippen molar-refractivity contribution < 1.29 is 0 Å². The second-order valence-electron chi connectivity index (χ2n) is 4.22. The van der Waals surface area contributed by atoms with Gasteiger partial charge in [-0.2, -0.15) is 0 Å². The molecule has 0 unspecified atom stereocenters. The van der Waals surface area contributed by atoms with Crippen molar-refractivity contribution in [2.45, 2.75) is 40.0 Å². The van der Waals surface area contributed by atoms with Gasteiger partial charge in [-0.05, 0) is 32.1 Å². The maximum absolute atomic E-state index is 4.01. The first kappa shape index (κ1) is 14.0. The van der Waals surface area contributed by atoms with Crippen molar-refractivity contribution in [1.82, 2.24) is 5.32 Å². The van der Waals surface area contributed by atoms with Crippen molar-refractivity contribution in [2.24, 2.45) is 5.92 Å². The van der Waals surface area contributed by atoms with Gasteiger partial charge in [0.05, 0.1) is 0 Å². The highest BCUT2D eigenvalue weighted by Gasteiger charge is 1.95. The molecule has 0 atom stereocenters. The lowest BCUT2D eigenvalue weighted by molar-refractivity contribution is 0.581. The van der Waals surface area contributed by atoms with Crippen LogP contribution in [0.3, 0.4) is 0 Å². The van der Waals surface area contributed by atoms with Crippen LogP contribution < -0.4 is 5.32 Å². The van der Waals surface area contributed by atoms with Gasteiger partial charge in [0, 0.05) is 12.2 Å². The van der Waals surface area contributed by atoms with Crippen LogP contribution in [0, 0.1) is 5.92 Å². The number of rotatable bonds is 8. The van der Waals surface area contributed by atoms with Crippen molar-refractivity contribution >= 4 is 0 Å². The van der Waals surface area contributed by atoms with E-state index in [9.17, 15) is 0 Å². The van der Waals surface area contributed by atoms with Gasteiger partial charge in [-0.1, -0.05) is 44.7 Å². The second kappa shape index (κ2) is 9.57. The summed E-state index contributed by atoms with van der Waals surface area (Å²) in [4.78, 5) is 0. The molecule has 0 amide bonds. The van der Waals surface area contributed by atoms with E-state index in [0.717, 1.165) is 19.4 Å². The van der Waals surface area contributed by atoms with Crippen LogP contribution >= 0.6 is 0 Å². The predicted molar refractivity (Wildman–Crippen MR) is 69.8 cm³/mol. The molecule has 15 heavy (non-hydrogen) atoms. The second-order valence-corrected chi connectivity index (χ2v) is 4.22. The first-order chi connectivity index (χ1) is 7.16. The third kappa shape index (κ3) is 10.9. The smallest absolute Gasteiger partial charge is 0.0166 e. The molecular formula is C14H25N. The van der Waals surface area contributed by atoms with Gasteiger partial charge in [-0.25, -0.2) is 0 Å². The van der Waals surface area contributed by atoms with E-state index in [1.54, 1.807) is 0 Å². The molecule has 0 saturated heterocycles. The van der Waals surface area contributed by atoms with Crippen LogP contribution in [0.25, 0.3) is 0 Å². The largest absolute Gasteiger partial charge is 0.389 e. The van der Waals surface area contributed by atoms with Crippen molar-refractivity contribution in [3.63, 3.8) is 0 Å². The quantitative estimate of drug-likeness (QED) is 0.468. The molecule has 86 valence electrons. The summed E-state index contributed by atoms with van der Waals surface area (Å²) < 4.78 is 0. The van der Waals surface area contributed by atoms with Crippen molar-refractivity contribution in [3.05, 3.63) is 36.6 Å². The third-order valence-corrected chi connectivity index (χ3v) is 2.05. The SMILES string of the molecule is C=C(CCC/C=C\C=C/C)NCC(C)C. The van der Waals surface area contributed by atoms with Crippen molar-refractivity contribution in [1.29, 1.82) is 0 Å². The van der Waals surface area contributed by atoms with Gasteiger partial charge in [-0.3, -0.25) is 0 Å². The molecule has 0 aromatic heterocycles. The minimum absolute atomic E-state index is 0.691. The van der Waals surface area contributed by atoms with E-state index in [2.05, 4.69) is 44.0 Å². The summed E-state index contributed by atoms with van der Waals surface area (Å²) in [7, 11) is 0. The molecule has 0 fully saturated rings. The fourth-order valence-corrected chi connectivity index (χ4v) is 1.16. The Balaban J connectivity index is 3.39. The summed E-state index contributed by atoms with van der Waals surface area (Å²) in [6.45, 7) is 11.5. The number of hydrogen-bond acceptors (Lipinski definition) is 1. The summed E-state index contributed by atoms with van der Waals surface area (Å²) in [5, 5.41) is 3.35. The lowest BCUT2D eigenvalue weighted by atomic mass is 10.1. The van der Waals surface area contributed by atoms with Crippen LogP contribution in [0.15, 0.2) is 36.6 Å². The standard InChI is InChI=1S/C14H25N/c1-5-6-7-8-9-10-11-14(4)15-12-13(2)3/h5-8,13,15H,4,9-12H2,1-3H3/b6-5-,8-7-. The number of hydrogen-bond donors (Lipinski definition) is 1. The Kier molecular flexibility index (Phi) is 8.95. The number of nitrogens with one attached hydrogen (secondary N) is 1. The van der Waals surface area contributed by atoms with Crippen LogP contribution in [-0.4, -0.2) is 6.54 Å². The maximum Gasteiger partial charge on any atom is 0.0166 e. The Labute approximate surface area is 95.0 Å². The Morgan fingerprint density at radius 3 is 2.67 bits per heavy atom. The Bertz CT molecular complexity index is 211. The summed E-state index contributed by atoms with van der Waals surface area (Å²) in [5.74, 6) is 0.691. The molecule has 0 rings (SSSR count). The van der Waals surface area contributed by atoms with E-state index < -0.39 is 0 Å². The monoisotopic (exact) mass is 207 g/mol. The van der Waals surface area contributed by atoms with E-state index >= 15 is 0 Å². The van der Waals surface area contributed by atoms with E-state index in [4.69, 9.17) is 0 Å². The summed E-state index contributed by atoms with van der Waals surface area (Å²) in [6.07, 6.45) is 11.8. The average Bonchev–Trinajstić information content (AvgIpc) is 2.20. The van der Waals surface area contributed by atoms with E-state index in [1.165, 1.54) is 12.1 Å². The Morgan fingerprint density at radius 2 is 2.07 bits per heavy atom. The highest BCUT2D eigenvalue weighted by molar-refractivity contribution is 5.01. The molecule has 1 N–H and O–H groups in total. The molecule has 0 aromatic rings. The summed E-state index contributed by atoms with van der Waals surface area (Å²) >= 11 is 0. The molecule has 1 nitrogen and oxygen atoms in total. The fraction of sp³-hybridized carbons (Fsp3) is 0.571. The first-order valence-electron chi connectivity index (χ1n) is 5.86. The van der Waals surface area contributed by atoms with Gasteiger partial charge < -0.3 is 5.32 Å². The zero-order valence-corrected chi connectivity index (χ0v) is 10.4. The summed E-state index contributed by atoms with van der Waals surface area (Å²) in [5.41, 5.74) is 1.17. The van der Waals surface area contributed by atoms with Crippen LogP contribution in [0.4, 0.5) is 0 Å². The van der Waals surface area contributed by atoms with Crippen LogP contribution in [0.2, 0.25) is 0 Å². The minimum Gasteiger partial charge on any atom is -0.389 e. The molecule has 1 heteroatoms. The van der Waals surface area contributed by atoms with Gasteiger partial charge in [0.2, 0.25) is 0 Å². The molecule has 0 bridgehead atoms. The average molecular weight is 207 g/mol.